The molecule has 0 saturated heterocycles. The SMILES string of the molecule is N#CCSc1nnc(SCCC(F)=C(F)F)s1. The highest BCUT2D eigenvalue weighted by atomic mass is 32.2. The molecular formula is C8H6F3N3S3. The number of allylic oxidation sites excluding steroid dienone is 1. The van der Waals surface area contributed by atoms with Crippen LogP contribution in [0, 0.1) is 11.3 Å². The predicted molar refractivity (Wildman–Crippen MR) is 61.9 cm³/mol. The molecule has 1 rings (SSSR count). The van der Waals surface area contributed by atoms with E-state index in [1.165, 1.54) is 23.1 Å². The molecule has 0 bridgehead atoms. The van der Waals surface area contributed by atoms with Crippen LogP contribution in [0.5, 0.6) is 0 Å². The Labute approximate surface area is 108 Å². The Balaban J connectivity index is 2.35. The van der Waals surface area contributed by atoms with Crippen LogP contribution in [-0.2, 0) is 0 Å². The number of halogens is 3. The van der Waals surface area contributed by atoms with Gasteiger partial charge >= 0.3 is 6.08 Å². The third kappa shape index (κ3) is 5.43. The van der Waals surface area contributed by atoms with Crippen molar-refractivity contribution in [3.05, 3.63) is 11.9 Å². The van der Waals surface area contributed by atoms with Crippen LogP contribution in [-0.4, -0.2) is 21.7 Å². The molecule has 17 heavy (non-hydrogen) atoms. The van der Waals surface area contributed by atoms with Gasteiger partial charge in [0.05, 0.1) is 11.8 Å². The van der Waals surface area contributed by atoms with Gasteiger partial charge in [0.15, 0.2) is 14.5 Å². The normalized spacial score (nSPS) is 10.0. The average Bonchev–Trinajstić information content (AvgIpc) is 2.74. The summed E-state index contributed by atoms with van der Waals surface area (Å²) in [6.07, 6.45) is -2.60. The molecule has 0 aliphatic carbocycles. The first-order valence-electron chi connectivity index (χ1n) is 4.29. The molecule has 0 N–H and O–H groups in total. The van der Waals surface area contributed by atoms with Gasteiger partial charge in [-0.2, -0.15) is 14.0 Å². The van der Waals surface area contributed by atoms with Gasteiger partial charge < -0.3 is 0 Å². The molecule has 0 aliphatic rings. The topological polar surface area (TPSA) is 49.6 Å². The van der Waals surface area contributed by atoms with Gasteiger partial charge in [-0.05, 0) is 0 Å². The first kappa shape index (κ1) is 14.3. The maximum atomic E-state index is 12.4. The van der Waals surface area contributed by atoms with Crippen molar-refractivity contribution in [3.63, 3.8) is 0 Å². The molecule has 0 atom stereocenters. The van der Waals surface area contributed by atoms with E-state index in [0.717, 1.165) is 11.8 Å². The van der Waals surface area contributed by atoms with E-state index in [1.807, 2.05) is 6.07 Å². The number of rotatable bonds is 6. The molecule has 1 heterocycles. The summed E-state index contributed by atoms with van der Waals surface area (Å²) in [7, 11) is 0. The van der Waals surface area contributed by atoms with Crippen LogP contribution in [0.15, 0.2) is 20.6 Å². The van der Waals surface area contributed by atoms with E-state index in [-0.39, 0.29) is 17.9 Å². The van der Waals surface area contributed by atoms with Crippen molar-refractivity contribution in [3.8, 4) is 6.07 Å². The Morgan fingerprint density at radius 2 is 1.88 bits per heavy atom. The zero-order valence-corrected chi connectivity index (χ0v) is 10.8. The lowest BCUT2D eigenvalue weighted by atomic mass is 10.4. The summed E-state index contributed by atoms with van der Waals surface area (Å²) >= 11 is 3.67. The molecule has 0 amide bonds. The lowest BCUT2D eigenvalue weighted by Crippen LogP contribution is -1.82. The zero-order valence-electron chi connectivity index (χ0n) is 8.32. The zero-order chi connectivity index (χ0) is 12.7. The van der Waals surface area contributed by atoms with Crippen LogP contribution >= 0.6 is 34.9 Å². The number of thioether (sulfide) groups is 2. The molecule has 3 nitrogen and oxygen atoms in total. The van der Waals surface area contributed by atoms with Gasteiger partial charge in [-0.3, -0.25) is 0 Å². The van der Waals surface area contributed by atoms with Crippen molar-refractivity contribution >= 4 is 34.9 Å². The van der Waals surface area contributed by atoms with Crippen molar-refractivity contribution in [1.82, 2.24) is 10.2 Å². The van der Waals surface area contributed by atoms with E-state index < -0.39 is 11.9 Å². The van der Waals surface area contributed by atoms with E-state index in [1.54, 1.807) is 0 Å². The fourth-order valence-electron chi connectivity index (χ4n) is 0.730. The van der Waals surface area contributed by atoms with Crippen molar-refractivity contribution in [2.75, 3.05) is 11.5 Å². The fraction of sp³-hybridized carbons (Fsp3) is 0.375. The molecular weight excluding hydrogens is 291 g/mol. The summed E-state index contributed by atoms with van der Waals surface area (Å²) in [6, 6.07) is 1.95. The van der Waals surface area contributed by atoms with Crippen LogP contribution in [0.3, 0.4) is 0 Å². The summed E-state index contributed by atoms with van der Waals surface area (Å²) in [5.41, 5.74) is 0. The third-order valence-corrected chi connectivity index (χ3v) is 4.46. The second-order valence-electron chi connectivity index (χ2n) is 2.54. The molecule has 1 aromatic rings. The summed E-state index contributed by atoms with van der Waals surface area (Å²) in [5.74, 6) is -0.925. The molecule has 0 spiro atoms. The number of nitrogens with zero attached hydrogens (tertiary/aromatic N) is 3. The minimum absolute atomic E-state index is 0.181. The van der Waals surface area contributed by atoms with Gasteiger partial charge in [-0.15, -0.1) is 10.2 Å². The molecule has 1 aromatic heterocycles. The minimum atomic E-state index is -2.27. The predicted octanol–water partition coefficient (Wildman–Crippen LogP) is 3.71. The minimum Gasteiger partial charge on any atom is -0.206 e. The lowest BCUT2D eigenvalue weighted by molar-refractivity contribution is 0.373. The summed E-state index contributed by atoms with van der Waals surface area (Å²) in [6.45, 7) is 0. The standard InChI is InChI=1S/C8H6F3N3S3/c9-5(6(10)11)1-3-15-7-13-14-8(17-7)16-4-2-12/h1,3-4H2. The maximum Gasteiger partial charge on any atom is 0.301 e. The average molecular weight is 297 g/mol. The van der Waals surface area contributed by atoms with Crippen LogP contribution in [0.25, 0.3) is 0 Å². The van der Waals surface area contributed by atoms with Gasteiger partial charge in [-0.1, -0.05) is 34.9 Å². The van der Waals surface area contributed by atoms with Crippen molar-refractivity contribution < 1.29 is 13.2 Å². The Kier molecular flexibility index (Phi) is 6.39. The van der Waals surface area contributed by atoms with Crippen LogP contribution in [0.2, 0.25) is 0 Å². The second-order valence-corrected chi connectivity index (χ2v) is 6.09. The van der Waals surface area contributed by atoms with Crippen molar-refractivity contribution in [2.45, 2.75) is 15.1 Å². The third-order valence-electron chi connectivity index (χ3n) is 1.40. The highest BCUT2D eigenvalue weighted by Gasteiger charge is 2.08. The van der Waals surface area contributed by atoms with Crippen molar-refractivity contribution in [1.29, 1.82) is 5.26 Å². The maximum absolute atomic E-state index is 12.4. The van der Waals surface area contributed by atoms with Crippen LogP contribution < -0.4 is 0 Å². The molecule has 0 radical (unpaired) electrons. The quantitative estimate of drug-likeness (QED) is 0.749. The number of hydrogen-bond acceptors (Lipinski definition) is 6. The number of hydrogen-bond donors (Lipinski definition) is 0. The smallest absolute Gasteiger partial charge is 0.206 e. The largest absolute Gasteiger partial charge is 0.301 e. The van der Waals surface area contributed by atoms with Gasteiger partial charge in [-0.25, -0.2) is 4.39 Å². The number of aromatic nitrogens is 2. The second kappa shape index (κ2) is 7.58. The molecule has 0 saturated carbocycles. The van der Waals surface area contributed by atoms with Crippen LogP contribution in [0.4, 0.5) is 13.2 Å². The van der Waals surface area contributed by atoms with Gasteiger partial charge in [0, 0.05) is 12.2 Å². The van der Waals surface area contributed by atoms with Crippen LogP contribution in [0.1, 0.15) is 6.42 Å². The number of nitriles is 1. The van der Waals surface area contributed by atoms with Gasteiger partial charge in [0.1, 0.15) is 0 Å². The Morgan fingerprint density at radius 1 is 1.24 bits per heavy atom. The molecule has 0 unspecified atom stereocenters. The Bertz CT molecular complexity index is 437. The summed E-state index contributed by atoms with van der Waals surface area (Å²) < 4.78 is 37.1. The molecule has 92 valence electrons. The first-order chi connectivity index (χ1) is 8.13. The van der Waals surface area contributed by atoms with Gasteiger partial charge in [0.25, 0.3) is 0 Å². The monoisotopic (exact) mass is 297 g/mol. The highest BCUT2D eigenvalue weighted by molar-refractivity contribution is 8.03. The van der Waals surface area contributed by atoms with Crippen molar-refractivity contribution in [2.24, 2.45) is 0 Å². The molecule has 0 aromatic carbocycles. The Hall–Kier alpha value is -0.720. The molecule has 0 aliphatic heterocycles. The van der Waals surface area contributed by atoms with Gasteiger partial charge in [0.2, 0.25) is 0 Å². The van der Waals surface area contributed by atoms with E-state index in [9.17, 15) is 13.2 Å². The first-order valence-corrected chi connectivity index (χ1v) is 7.08. The van der Waals surface area contributed by atoms with E-state index in [0.29, 0.717) is 8.68 Å². The molecule has 0 fully saturated rings. The molecule has 9 heteroatoms. The lowest BCUT2D eigenvalue weighted by Gasteiger charge is -1.94. The Morgan fingerprint density at radius 3 is 2.47 bits per heavy atom. The fourth-order valence-corrected chi connectivity index (χ4v) is 3.41. The summed E-state index contributed by atoms with van der Waals surface area (Å²) in [4.78, 5) is 0. The summed E-state index contributed by atoms with van der Waals surface area (Å²) in [5, 5.41) is 15.9. The van der Waals surface area contributed by atoms with E-state index >= 15 is 0 Å². The highest BCUT2D eigenvalue weighted by Crippen LogP contribution is 2.29. The van der Waals surface area contributed by atoms with E-state index in [4.69, 9.17) is 5.26 Å². The van der Waals surface area contributed by atoms with E-state index in [2.05, 4.69) is 10.2 Å².